The highest BCUT2D eigenvalue weighted by Crippen LogP contribution is 2.35. The van der Waals surface area contributed by atoms with Crippen LogP contribution < -0.4 is 4.74 Å². The molecule has 1 aliphatic heterocycles. The molecule has 2 aromatic rings. The van der Waals surface area contributed by atoms with Crippen LogP contribution in [0.25, 0.3) is 6.08 Å². The van der Waals surface area contributed by atoms with Gasteiger partial charge < -0.3 is 14.1 Å². The lowest BCUT2D eigenvalue weighted by Gasteiger charge is -2.48. The highest BCUT2D eigenvalue weighted by molar-refractivity contribution is 5.91. The van der Waals surface area contributed by atoms with E-state index in [4.69, 9.17) is 9.15 Å². The van der Waals surface area contributed by atoms with E-state index in [1.807, 2.05) is 36.2 Å². The molecular formula is C26H34N2O3. The first-order chi connectivity index (χ1) is 15.0. The molecule has 4 rings (SSSR count). The number of hydrogen-bond acceptors (Lipinski definition) is 4. The van der Waals surface area contributed by atoms with Gasteiger partial charge in [-0.25, -0.2) is 0 Å². The molecule has 1 saturated heterocycles. The Kier molecular flexibility index (Phi) is 6.81. The Bertz CT molecular complexity index is 871. The van der Waals surface area contributed by atoms with Crippen molar-refractivity contribution in [3.05, 3.63) is 60.1 Å². The number of carbonyl (C=O) groups excluding carboxylic acids is 1. The molecule has 1 aromatic carbocycles. The number of benzene rings is 1. The lowest BCUT2D eigenvalue weighted by atomic mass is 9.82. The number of likely N-dealkylation sites (tertiary alicyclic amines) is 1. The van der Waals surface area contributed by atoms with Crippen LogP contribution in [0, 0.1) is 11.8 Å². The molecule has 1 amide bonds. The summed E-state index contributed by atoms with van der Waals surface area (Å²) in [7, 11) is 3.66. The van der Waals surface area contributed by atoms with Crippen molar-refractivity contribution in [1.82, 2.24) is 9.80 Å². The third kappa shape index (κ3) is 5.40. The van der Waals surface area contributed by atoms with Crippen molar-refractivity contribution in [2.45, 2.75) is 44.7 Å². The molecule has 1 aliphatic carbocycles. The zero-order valence-electron chi connectivity index (χ0n) is 18.9. The van der Waals surface area contributed by atoms with Gasteiger partial charge in [-0.1, -0.05) is 19.1 Å². The van der Waals surface area contributed by atoms with Crippen LogP contribution in [0.5, 0.6) is 5.75 Å². The van der Waals surface area contributed by atoms with Gasteiger partial charge in [0, 0.05) is 31.3 Å². The smallest absolute Gasteiger partial charge is 0.246 e. The third-order valence-electron chi connectivity index (χ3n) is 6.87. The quantitative estimate of drug-likeness (QED) is 0.588. The maximum Gasteiger partial charge on any atom is 0.246 e. The fourth-order valence-corrected chi connectivity index (χ4v) is 4.85. The molecule has 166 valence electrons. The van der Waals surface area contributed by atoms with Crippen molar-refractivity contribution in [1.29, 1.82) is 0 Å². The molecule has 0 bridgehead atoms. The number of hydrogen-bond donors (Lipinski definition) is 0. The highest BCUT2D eigenvalue weighted by atomic mass is 16.5. The minimum absolute atomic E-state index is 0.0473. The number of likely N-dealkylation sites (N-methyl/N-ethyl adjacent to an activating group) is 1. The molecule has 5 nitrogen and oxygen atoms in total. The maximum absolute atomic E-state index is 13.1. The van der Waals surface area contributed by atoms with Gasteiger partial charge >= 0.3 is 0 Å². The number of rotatable bonds is 8. The molecule has 3 atom stereocenters. The van der Waals surface area contributed by atoms with Crippen LogP contribution in [0.4, 0.5) is 0 Å². The number of nitrogens with zero attached hydrogens (tertiary/aromatic N) is 2. The van der Waals surface area contributed by atoms with Gasteiger partial charge in [0.25, 0.3) is 0 Å². The van der Waals surface area contributed by atoms with Gasteiger partial charge in [0.05, 0.1) is 25.7 Å². The van der Waals surface area contributed by atoms with Crippen molar-refractivity contribution in [2.24, 2.45) is 11.8 Å². The van der Waals surface area contributed by atoms with E-state index in [0.29, 0.717) is 12.0 Å². The number of ether oxygens (including phenoxy) is 1. The first kappa shape index (κ1) is 21.7. The SMILES string of the molecule is COc1ccc(CC2C(N(C)C(=O)C=Cc3ccoc3)C(C)CCN2CC2CC2)cc1. The molecule has 2 fully saturated rings. The van der Waals surface area contributed by atoms with Gasteiger partial charge in [0.15, 0.2) is 0 Å². The second-order valence-electron chi connectivity index (χ2n) is 9.15. The van der Waals surface area contributed by atoms with E-state index in [2.05, 4.69) is 24.0 Å². The topological polar surface area (TPSA) is 45.9 Å². The van der Waals surface area contributed by atoms with Crippen LogP contribution >= 0.6 is 0 Å². The van der Waals surface area contributed by atoms with Crippen LogP contribution in [0.2, 0.25) is 0 Å². The first-order valence-electron chi connectivity index (χ1n) is 11.4. The number of amides is 1. The molecule has 0 radical (unpaired) electrons. The van der Waals surface area contributed by atoms with Crippen molar-refractivity contribution in [3.8, 4) is 5.75 Å². The molecule has 1 aromatic heterocycles. The molecule has 0 spiro atoms. The summed E-state index contributed by atoms with van der Waals surface area (Å²) >= 11 is 0. The number of furan rings is 1. The highest BCUT2D eigenvalue weighted by Gasteiger charge is 2.41. The van der Waals surface area contributed by atoms with Gasteiger partial charge in [-0.15, -0.1) is 0 Å². The summed E-state index contributed by atoms with van der Waals surface area (Å²) < 4.78 is 10.4. The van der Waals surface area contributed by atoms with Gasteiger partial charge in [-0.3, -0.25) is 9.69 Å². The van der Waals surface area contributed by atoms with E-state index in [1.165, 1.54) is 18.4 Å². The third-order valence-corrected chi connectivity index (χ3v) is 6.87. The van der Waals surface area contributed by atoms with Gasteiger partial charge in [0.2, 0.25) is 5.91 Å². The van der Waals surface area contributed by atoms with Gasteiger partial charge in [0.1, 0.15) is 5.75 Å². The van der Waals surface area contributed by atoms with E-state index in [1.54, 1.807) is 25.7 Å². The number of methoxy groups -OCH3 is 1. The lowest BCUT2D eigenvalue weighted by molar-refractivity contribution is -0.130. The van der Waals surface area contributed by atoms with Gasteiger partial charge in [-0.2, -0.15) is 0 Å². The van der Waals surface area contributed by atoms with Crippen LogP contribution in [-0.2, 0) is 11.2 Å². The van der Waals surface area contributed by atoms with Crippen LogP contribution in [0.15, 0.2) is 53.4 Å². The standard InChI is InChI=1S/C26H34N2O3/c1-19-12-14-28(17-21-4-5-21)24(16-20-6-9-23(30-3)10-7-20)26(19)27(2)25(29)11-8-22-13-15-31-18-22/h6-11,13,15,18-19,21,24,26H,4-5,12,14,16-17H2,1-3H3. The lowest BCUT2D eigenvalue weighted by Crippen LogP contribution is -2.60. The summed E-state index contributed by atoms with van der Waals surface area (Å²) in [6, 6.07) is 10.7. The zero-order chi connectivity index (χ0) is 21.8. The number of carbonyl (C=O) groups is 1. The van der Waals surface area contributed by atoms with Crippen LogP contribution in [0.3, 0.4) is 0 Å². The summed E-state index contributed by atoms with van der Waals surface area (Å²) in [4.78, 5) is 17.7. The van der Waals surface area contributed by atoms with Crippen molar-refractivity contribution in [3.63, 3.8) is 0 Å². The maximum atomic E-state index is 13.1. The molecule has 3 unspecified atom stereocenters. The minimum Gasteiger partial charge on any atom is -0.497 e. The number of piperidine rings is 1. The molecule has 31 heavy (non-hydrogen) atoms. The molecule has 1 saturated carbocycles. The molecule has 0 N–H and O–H groups in total. The Balaban J connectivity index is 1.55. The second-order valence-corrected chi connectivity index (χ2v) is 9.15. The van der Waals surface area contributed by atoms with Crippen LogP contribution in [0.1, 0.15) is 37.3 Å². The Morgan fingerprint density at radius 3 is 2.65 bits per heavy atom. The predicted molar refractivity (Wildman–Crippen MR) is 123 cm³/mol. The Hall–Kier alpha value is -2.53. The normalized spacial score (nSPS) is 24.4. The van der Waals surface area contributed by atoms with E-state index < -0.39 is 0 Å². The summed E-state index contributed by atoms with van der Waals surface area (Å²) in [6.45, 7) is 4.56. The second kappa shape index (κ2) is 9.73. The minimum atomic E-state index is 0.0473. The van der Waals surface area contributed by atoms with E-state index in [-0.39, 0.29) is 11.9 Å². The Morgan fingerprint density at radius 2 is 2.00 bits per heavy atom. The predicted octanol–water partition coefficient (Wildman–Crippen LogP) is 4.49. The summed E-state index contributed by atoms with van der Waals surface area (Å²) in [6.07, 6.45) is 11.5. The van der Waals surface area contributed by atoms with E-state index in [9.17, 15) is 4.79 Å². The van der Waals surface area contributed by atoms with Crippen molar-refractivity contribution < 1.29 is 13.9 Å². The average Bonchev–Trinajstić information content (AvgIpc) is 3.44. The Morgan fingerprint density at radius 1 is 1.23 bits per heavy atom. The fourth-order valence-electron chi connectivity index (χ4n) is 4.85. The summed E-state index contributed by atoms with van der Waals surface area (Å²) in [5.41, 5.74) is 2.20. The molecule has 2 aliphatic rings. The first-order valence-corrected chi connectivity index (χ1v) is 11.4. The molecular weight excluding hydrogens is 388 g/mol. The molecule has 5 heteroatoms. The zero-order valence-corrected chi connectivity index (χ0v) is 18.9. The monoisotopic (exact) mass is 422 g/mol. The van der Waals surface area contributed by atoms with E-state index in [0.717, 1.165) is 43.2 Å². The average molecular weight is 423 g/mol. The summed E-state index contributed by atoms with van der Waals surface area (Å²) in [5, 5.41) is 0. The van der Waals surface area contributed by atoms with Crippen molar-refractivity contribution in [2.75, 3.05) is 27.2 Å². The van der Waals surface area contributed by atoms with E-state index >= 15 is 0 Å². The van der Waals surface area contributed by atoms with Gasteiger partial charge in [-0.05, 0) is 73.9 Å². The fraction of sp³-hybridized carbons (Fsp3) is 0.500. The largest absolute Gasteiger partial charge is 0.497 e. The van der Waals surface area contributed by atoms with Crippen LogP contribution in [-0.4, -0.2) is 55.0 Å². The summed E-state index contributed by atoms with van der Waals surface area (Å²) in [5.74, 6) is 2.21. The van der Waals surface area contributed by atoms with Crippen molar-refractivity contribution >= 4 is 12.0 Å². The molecule has 2 heterocycles. The Labute approximate surface area is 185 Å².